The van der Waals surface area contributed by atoms with Crippen LogP contribution in [0.1, 0.15) is 5.56 Å². The van der Waals surface area contributed by atoms with Crippen LogP contribution in [0.3, 0.4) is 0 Å². The van der Waals surface area contributed by atoms with E-state index >= 15 is 0 Å². The Morgan fingerprint density at radius 2 is 2.00 bits per heavy atom. The van der Waals surface area contributed by atoms with Crippen molar-refractivity contribution in [2.75, 3.05) is 11.9 Å². The summed E-state index contributed by atoms with van der Waals surface area (Å²) in [6, 6.07) is 11.3. The van der Waals surface area contributed by atoms with Crippen molar-refractivity contribution in [3.05, 3.63) is 69.1 Å². The Bertz CT molecular complexity index is 646. The van der Waals surface area contributed by atoms with E-state index in [2.05, 4.69) is 27.8 Å². The maximum atomic E-state index is 6.08. The summed E-state index contributed by atoms with van der Waals surface area (Å²) in [4.78, 5) is 0. The first-order chi connectivity index (χ1) is 10.1. The average Bonchev–Trinajstić information content (AvgIpc) is 2.47. The van der Waals surface area contributed by atoms with Gasteiger partial charge in [-0.3, -0.25) is 0 Å². The first kappa shape index (κ1) is 16.2. The molecule has 0 unspecified atom stereocenters. The molecule has 2 rings (SSSR count). The molecule has 0 saturated carbocycles. The summed E-state index contributed by atoms with van der Waals surface area (Å²) in [5, 5.41) is 4.64. The molecule has 0 aromatic heterocycles. The molecule has 0 spiro atoms. The van der Waals surface area contributed by atoms with Crippen molar-refractivity contribution in [3.8, 4) is 5.75 Å². The maximum Gasteiger partial charge on any atom is 0.124 e. The highest BCUT2D eigenvalue weighted by atomic mass is 79.9. The Kier molecular flexibility index (Phi) is 5.97. The van der Waals surface area contributed by atoms with Gasteiger partial charge in [0.05, 0.1) is 5.02 Å². The predicted octanol–water partition coefficient (Wildman–Crippen LogP) is 5.93. The Hall–Kier alpha value is -1.16. The lowest BCUT2D eigenvalue weighted by molar-refractivity contribution is 0.359. The Labute approximate surface area is 142 Å². The number of halogens is 3. The minimum Gasteiger partial charge on any atom is -0.489 e. The van der Waals surface area contributed by atoms with Crippen molar-refractivity contribution in [1.29, 1.82) is 0 Å². The van der Waals surface area contributed by atoms with E-state index in [9.17, 15) is 0 Å². The summed E-state index contributed by atoms with van der Waals surface area (Å²) in [7, 11) is 0. The van der Waals surface area contributed by atoms with Gasteiger partial charge < -0.3 is 10.1 Å². The summed E-state index contributed by atoms with van der Waals surface area (Å²) in [6.45, 7) is 4.69. The zero-order chi connectivity index (χ0) is 15.2. The molecule has 1 N–H and O–H groups in total. The second-order valence-electron chi connectivity index (χ2n) is 4.33. The van der Waals surface area contributed by atoms with Gasteiger partial charge in [-0.15, -0.1) is 0 Å². The van der Waals surface area contributed by atoms with Crippen LogP contribution in [0.4, 0.5) is 5.69 Å². The van der Waals surface area contributed by atoms with Crippen molar-refractivity contribution in [3.63, 3.8) is 0 Å². The van der Waals surface area contributed by atoms with Crippen LogP contribution in [-0.4, -0.2) is 6.61 Å². The number of benzene rings is 2. The monoisotopic (exact) mass is 385 g/mol. The molecule has 0 aliphatic rings. The SMILES string of the molecule is C=CCOc1ccc(Cl)cc1CNc1ccc(Br)c(Cl)c1. The molecule has 2 aromatic rings. The second kappa shape index (κ2) is 7.74. The lowest BCUT2D eigenvalue weighted by Gasteiger charge is -2.13. The molecule has 0 fully saturated rings. The molecule has 0 aliphatic heterocycles. The molecule has 2 aromatic carbocycles. The van der Waals surface area contributed by atoms with Crippen LogP contribution in [0.2, 0.25) is 10.0 Å². The Morgan fingerprint density at radius 3 is 2.71 bits per heavy atom. The molecule has 21 heavy (non-hydrogen) atoms. The first-order valence-corrected chi connectivity index (χ1v) is 7.86. The Balaban J connectivity index is 2.12. The van der Waals surface area contributed by atoms with Crippen molar-refractivity contribution >= 4 is 44.8 Å². The lowest BCUT2D eigenvalue weighted by atomic mass is 10.2. The number of ether oxygens (including phenoxy) is 1. The van der Waals surface area contributed by atoms with E-state index in [1.807, 2.05) is 30.3 Å². The van der Waals surface area contributed by atoms with Gasteiger partial charge in [0.1, 0.15) is 12.4 Å². The van der Waals surface area contributed by atoms with Crippen LogP contribution in [-0.2, 0) is 6.54 Å². The van der Waals surface area contributed by atoms with E-state index in [1.54, 1.807) is 12.1 Å². The van der Waals surface area contributed by atoms with Crippen LogP contribution in [0, 0.1) is 0 Å². The molecule has 0 radical (unpaired) electrons. The minimum absolute atomic E-state index is 0.457. The smallest absolute Gasteiger partial charge is 0.124 e. The summed E-state index contributed by atoms with van der Waals surface area (Å²) in [6.07, 6.45) is 1.71. The van der Waals surface area contributed by atoms with Gasteiger partial charge in [0.15, 0.2) is 0 Å². The fourth-order valence-electron chi connectivity index (χ4n) is 1.78. The highest BCUT2D eigenvalue weighted by molar-refractivity contribution is 9.10. The highest BCUT2D eigenvalue weighted by Gasteiger charge is 2.05. The molecule has 2 nitrogen and oxygen atoms in total. The third-order valence-electron chi connectivity index (χ3n) is 2.78. The summed E-state index contributed by atoms with van der Waals surface area (Å²) in [5.74, 6) is 0.787. The molecule has 0 atom stereocenters. The van der Waals surface area contributed by atoms with Gasteiger partial charge in [0.2, 0.25) is 0 Å². The number of rotatable bonds is 6. The van der Waals surface area contributed by atoms with Gasteiger partial charge in [0, 0.05) is 27.3 Å². The highest BCUT2D eigenvalue weighted by Crippen LogP contribution is 2.27. The number of hydrogen-bond donors (Lipinski definition) is 1. The normalized spacial score (nSPS) is 10.2. The third-order valence-corrected chi connectivity index (χ3v) is 4.25. The van der Waals surface area contributed by atoms with Gasteiger partial charge in [-0.05, 0) is 52.3 Å². The predicted molar refractivity (Wildman–Crippen MR) is 93.6 cm³/mol. The second-order valence-corrected chi connectivity index (χ2v) is 6.03. The van der Waals surface area contributed by atoms with Gasteiger partial charge in [-0.25, -0.2) is 0 Å². The maximum absolute atomic E-state index is 6.08. The topological polar surface area (TPSA) is 21.3 Å². The van der Waals surface area contributed by atoms with Gasteiger partial charge in [-0.1, -0.05) is 35.9 Å². The lowest BCUT2D eigenvalue weighted by Crippen LogP contribution is -2.03. The van der Waals surface area contributed by atoms with Crippen molar-refractivity contribution in [2.24, 2.45) is 0 Å². The molecular formula is C16H14BrCl2NO. The Morgan fingerprint density at radius 1 is 1.19 bits per heavy atom. The van der Waals surface area contributed by atoms with Crippen LogP contribution in [0.5, 0.6) is 5.75 Å². The van der Waals surface area contributed by atoms with Crippen LogP contribution >= 0.6 is 39.1 Å². The van der Waals surface area contributed by atoms with Crippen molar-refractivity contribution in [1.82, 2.24) is 0 Å². The average molecular weight is 387 g/mol. The summed E-state index contributed by atoms with van der Waals surface area (Å²) >= 11 is 15.5. The van der Waals surface area contributed by atoms with Crippen LogP contribution in [0.15, 0.2) is 53.5 Å². The number of anilines is 1. The summed E-state index contributed by atoms with van der Waals surface area (Å²) < 4.78 is 6.49. The van der Waals surface area contributed by atoms with Gasteiger partial charge in [0.25, 0.3) is 0 Å². The molecule has 0 saturated heterocycles. The molecule has 0 heterocycles. The van der Waals surface area contributed by atoms with E-state index in [4.69, 9.17) is 27.9 Å². The molecule has 0 bridgehead atoms. The first-order valence-electron chi connectivity index (χ1n) is 6.31. The van der Waals surface area contributed by atoms with Gasteiger partial charge >= 0.3 is 0 Å². The van der Waals surface area contributed by atoms with E-state index in [1.165, 1.54) is 0 Å². The molecule has 0 amide bonds. The minimum atomic E-state index is 0.457. The molecular weight excluding hydrogens is 373 g/mol. The van der Waals surface area contributed by atoms with Crippen molar-refractivity contribution < 1.29 is 4.74 Å². The number of hydrogen-bond acceptors (Lipinski definition) is 2. The fourth-order valence-corrected chi connectivity index (χ4v) is 2.40. The zero-order valence-electron chi connectivity index (χ0n) is 11.2. The quantitative estimate of drug-likeness (QED) is 0.621. The van der Waals surface area contributed by atoms with Crippen LogP contribution in [0.25, 0.3) is 0 Å². The van der Waals surface area contributed by atoms with Gasteiger partial charge in [-0.2, -0.15) is 0 Å². The molecule has 110 valence electrons. The van der Waals surface area contributed by atoms with E-state index < -0.39 is 0 Å². The largest absolute Gasteiger partial charge is 0.489 e. The molecule has 0 aliphatic carbocycles. The molecule has 5 heteroatoms. The fraction of sp³-hybridized carbons (Fsp3) is 0.125. The number of nitrogens with one attached hydrogen (secondary N) is 1. The summed E-state index contributed by atoms with van der Waals surface area (Å²) in [5.41, 5.74) is 1.90. The van der Waals surface area contributed by atoms with E-state index in [0.29, 0.717) is 23.2 Å². The third kappa shape index (κ3) is 4.67. The van der Waals surface area contributed by atoms with E-state index in [-0.39, 0.29) is 0 Å². The standard InChI is InChI=1S/C16H14BrCl2NO/c1-2-7-21-16-6-3-12(18)8-11(16)10-20-13-4-5-14(17)15(19)9-13/h2-6,8-9,20H,1,7,10H2. The van der Waals surface area contributed by atoms with Crippen molar-refractivity contribution in [2.45, 2.75) is 6.54 Å². The zero-order valence-corrected chi connectivity index (χ0v) is 14.3. The van der Waals surface area contributed by atoms with E-state index in [0.717, 1.165) is 21.5 Å². The van der Waals surface area contributed by atoms with Crippen LogP contribution < -0.4 is 10.1 Å².